The summed E-state index contributed by atoms with van der Waals surface area (Å²) in [5.74, 6) is 0.164. The molecule has 1 atom stereocenters. The van der Waals surface area contributed by atoms with Gasteiger partial charge >= 0.3 is 0 Å². The number of rotatable bonds is 5. The van der Waals surface area contributed by atoms with E-state index < -0.39 is 10.0 Å². The molecule has 96 valence electrons. The van der Waals surface area contributed by atoms with E-state index in [1.54, 1.807) is 13.8 Å². The average Bonchev–Trinajstić information content (AvgIpc) is 2.27. The van der Waals surface area contributed by atoms with E-state index >= 15 is 0 Å². The molecule has 0 aliphatic heterocycles. The van der Waals surface area contributed by atoms with Crippen molar-refractivity contribution in [3.63, 3.8) is 0 Å². The highest BCUT2D eigenvalue weighted by Gasteiger charge is 2.16. The third-order valence-corrected chi connectivity index (χ3v) is 4.99. The van der Waals surface area contributed by atoms with E-state index in [1.807, 2.05) is 31.2 Å². The molecule has 0 aliphatic rings. The van der Waals surface area contributed by atoms with Crippen LogP contribution in [0.5, 0.6) is 0 Å². The lowest BCUT2D eigenvalue weighted by atomic mass is 10.0. The van der Waals surface area contributed by atoms with Gasteiger partial charge in [-0.15, -0.1) is 0 Å². The van der Waals surface area contributed by atoms with E-state index in [1.165, 1.54) is 0 Å². The molecule has 1 N–H and O–H groups in total. The second kappa shape index (κ2) is 5.98. The SMILES string of the molecule is CC(C)S(=O)(=O)NC[C@@H](C)c1ccc(Br)cc1. The van der Waals surface area contributed by atoms with Gasteiger partial charge in [0.15, 0.2) is 0 Å². The van der Waals surface area contributed by atoms with Gasteiger partial charge in [0, 0.05) is 11.0 Å². The normalized spacial score (nSPS) is 13.9. The smallest absolute Gasteiger partial charge is 0.213 e. The van der Waals surface area contributed by atoms with Crippen LogP contribution in [-0.2, 0) is 10.0 Å². The van der Waals surface area contributed by atoms with Crippen LogP contribution < -0.4 is 4.72 Å². The minimum atomic E-state index is -3.17. The van der Waals surface area contributed by atoms with Crippen LogP contribution in [0.2, 0.25) is 0 Å². The molecule has 3 nitrogen and oxygen atoms in total. The van der Waals surface area contributed by atoms with E-state index in [0.29, 0.717) is 6.54 Å². The third-order valence-electron chi connectivity index (χ3n) is 2.65. The van der Waals surface area contributed by atoms with Crippen molar-refractivity contribution in [3.8, 4) is 0 Å². The van der Waals surface area contributed by atoms with Gasteiger partial charge in [-0.1, -0.05) is 35.0 Å². The first kappa shape index (κ1) is 14.7. The Bertz CT molecular complexity index is 454. The van der Waals surface area contributed by atoms with Crippen molar-refractivity contribution in [2.75, 3.05) is 6.54 Å². The molecule has 0 saturated heterocycles. The molecule has 0 heterocycles. The molecule has 0 spiro atoms. The quantitative estimate of drug-likeness (QED) is 0.907. The summed E-state index contributed by atoms with van der Waals surface area (Å²) in [6, 6.07) is 7.92. The number of nitrogens with one attached hydrogen (secondary N) is 1. The summed E-state index contributed by atoms with van der Waals surface area (Å²) in [7, 11) is -3.17. The summed E-state index contributed by atoms with van der Waals surface area (Å²) in [4.78, 5) is 0. The number of sulfonamides is 1. The van der Waals surface area contributed by atoms with E-state index in [2.05, 4.69) is 20.7 Å². The van der Waals surface area contributed by atoms with E-state index in [4.69, 9.17) is 0 Å². The molecule has 0 radical (unpaired) electrons. The van der Waals surface area contributed by atoms with Crippen LogP contribution in [0.25, 0.3) is 0 Å². The first-order chi connectivity index (χ1) is 7.83. The lowest BCUT2D eigenvalue weighted by Crippen LogP contribution is -2.33. The van der Waals surface area contributed by atoms with Crippen LogP contribution in [0.4, 0.5) is 0 Å². The summed E-state index contributed by atoms with van der Waals surface area (Å²) >= 11 is 3.37. The van der Waals surface area contributed by atoms with Crippen molar-refractivity contribution in [2.24, 2.45) is 0 Å². The van der Waals surface area contributed by atoms with Gasteiger partial charge in [-0.3, -0.25) is 0 Å². The van der Waals surface area contributed by atoms with Crippen molar-refractivity contribution in [1.82, 2.24) is 4.72 Å². The Kier molecular flexibility index (Phi) is 5.16. The summed E-state index contributed by atoms with van der Waals surface area (Å²) in [6.45, 7) is 5.79. The predicted octanol–water partition coefficient (Wildman–Crippen LogP) is 2.88. The van der Waals surface area contributed by atoms with Crippen molar-refractivity contribution in [1.29, 1.82) is 0 Å². The number of benzene rings is 1. The molecule has 0 bridgehead atoms. The van der Waals surface area contributed by atoms with Crippen molar-refractivity contribution < 1.29 is 8.42 Å². The third kappa shape index (κ3) is 4.41. The van der Waals surface area contributed by atoms with Crippen molar-refractivity contribution in [3.05, 3.63) is 34.3 Å². The second-order valence-electron chi connectivity index (χ2n) is 4.39. The highest BCUT2D eigenvalue weighted by Crippen LogP contribution is 2.18. The second-order valence-corrected chi connectivity index (χ2v) is 7.63. The fraction of sp³-hybridized carbons (Fsp3) is 0.500. The van der Waals surface area contributed by atoms with E-state index in [9.17, 15) is 8.42 Å². The monoisotopic (exact) mass is 319 g/mol. The molecule has 0 aromatic heterocycles. The number of halogens is 1. The Labute approximate surface area is 112 Å². The minimum Gasteiger partial charge on any atom is -0.214 e. The summed E-state index contributed by atoms with van der Waals surface area (Å²) in [5.41, 5.74) is 1.12. The highest BCUT2D eigenvalue weighted by molar-refractivity contribution is 9.10. The Morgan fingerprint density at radius 3 is 2.18 bits per heavy atom. The van der Waals surface area contributed by atoms with Crippen LogP contribution in [0.1, 0.15) is 32.3 Å². The molecule has 0 fully saturated rings. The lowest BCUT2D eigenvalue weighted by molar-refractivity contribution is 0.566. The zero-order chi connectivity index (χ0) is 13.1. The largest absolute Gasteiger partial charge is 0.214 e. The Hall–Kier alpha value is -0.390. The van der Waals surface area contributed by atoms with Gasteiger partial charge in [0.2, 0.25) is 10.0 Å². The Morgan fingerprint density at radius 1 is 1.18 bits per heavy atom. The maximum absolute atomic E-state index is 11.6. The predicted molar refractivity (Wildman–Crippen MR) is 74.6 cm³/mol. The molecule has 1 aromatic rings. The molecule has 1 rings (SSSR count). The van der Waals surface area contributed by atoms with Gasteiger partial charge in [-0.25, -0.2) is 13.1 Å². The van der Waals surface area contributed by atoms with E-state index in [0.717, 1.165) is 10.0 Å². The molecule has 0 saturated carbocycles. The van der Waals surface area contributed by atoms with Crippen molar-refractivity contribution >= 4 is 26.0 Å². The molecule has 1 aromatic carbocycles. The summed E-state index contributed by atoms with van der Waals surface area (Å²) < 4.78 is 26.9. The maximum Gasteiger partial charge on any atom is 0.213 e. The topological polar surface area (TPSA) is 46.2 Å². The summed E-state index contributed by atoms with van der Waals surface area (Å²) in [5, 5.41) is -0.389. The zero-order valence-electron chi connectivity index (χ0n) is 10.3. The Morgan fingerprint density at radius 2 is 1.71 bits per heavy atom. The van der Waals surface area contributed by atoms with Gasteiger partial charge in [0.1, 0.15) is 0 Å². The Balaban J connectivity index is 2.62. The first-order valence-electron chi connectivity index (χ1n) is 5.57. The molecule has 17 heavy (non-hydrogen) atoms. The molecule has 0 unspecified atom stereocenters. The van der Waals surface area contributed by atoms with Crippen LogP contribution in [0.3, 0.4) is 0 Å². The molecule has 0 aliphatic carbocycles. The molecule has 0 amide bonds. The lowest BCUT2D eigenvalue weighted by Gasteiger charge is -2.15. The minimum absolute atomic E-state index is 0.164. The number of hydrogen-bond donors (Lipinski definition) is 1. The standard InChI is InChI=1S/C12H18BrNO2S/c1-9(2)17(15,16)14-8-10(3)11-4-6-12(13)7-5-11/h4-7,9-10,14H,8H2,1-3H3/t10-/m1/s1. The molecule has 5 heteroatoms. The summed E-state index contributed by atoms with van der Waals surface area (Å²) in [6.07, 6.45) is 0. The van der Waals surface area contributed by atoms with Gasteiger partial charge in [-0.2, -0.15) is 0 Å². The maximum atomic E-state index is 11.6. The van der Waals surface area contributed by atoms with Gasteiger partial charge in [0.25, 0.3) is 0 Å². The highest BCUT2D eigenvalue weighted by atomic mass is 79.9. The van der Waals surface area contributed by atoms with Gasteiger partial charge in [-0.05, 0) is 37.5 Å². The zero-order valence-corrected chi connectivity index (χ0v) is 12.7. The fourth-order valence-electron chi connectivity index (χ4n) is 1.32. The van der Waals surface area contributed by atoms with Crippen LogP contribution in [-0.4, -0.2) is 20.2 Å². The van der Waals surface area contributed by atoms with Crippen LogP contribution in [0.15, 0.2) is 28.7 Å². The van der Waals surface area contributed by atoms with Crippen molar-refractivity contribution in [2.45, 2.75) is 31.9 Å². The first-order valence-corrected chi connectivity index (χ1v) is 7.91. The number of hydrogen-bond acceptors (Lipinski definition) is 2. The molecular formula is C12H18BrNO2S. The van der Waals surface area contributed by atoms with E-state index in [-0.39, 0.29) is 11.2 Å². The van der Waals surface area contributed by atoms with Crippen LogP contribution >= 0.6 is 15.9 Å². The average molecular weight is 320 g/mol. The van der Waals surface area contributed by atoms with Crippen LogP contribution in [0, 0.1) is 0 Å². The molecular weight excluding hydrogens is 302 g/mol. The van der Waals surface area contributed by atoms with Gasteiger partial charge in [0.05, 0.1) is 5.25 Å². The fourth-order valence-corrected chi connectivity index (χ4v) is 2.40. The van der Waals surface area contributed by atoms with Gasteiger partial charge < -0.3 is 0 Å².